The molecule has 0 aliphatic rings. The fraction of sp³-hybridized carbons (Fsp3) is 0.312. The van der Waals surface area contributed by atoms with Gasteiger partial charge in [-0.15, -0.1) is 5.10 Å². The molecule has 8 nitrogen and oxygen atoms in total. The highest BCUT2D eigenvalue weighted by molar-refractivity contribution is 5.91. The molecule has 3 aromatic rings. The standard InChI is InChI=1S/C16H18N6O2/c1-9-5-6-12(10(2)7-9)17-13(23)8-22-16(24)15-14(18-20-22)11(3)21(4)19-15/h5-7H,8H2,1-4H3,(H,17,23). The zero-order valence-electron chi connectivity index (χ0n) is 14.0. The first-order valence-corrected chi connectivity index (χ1v) is 7.51. The van der Waals surface area contributed by atoms with E-state index in [2.05, 4.69) is 20.7 Å². The number of amides is 1. The molecule has 3 rings (SSSR count). The van der Waals surface area contributed by atoms with Crippen molar-refractivity contribution >= 4 is 22.6 Å². The third-order valence-electron chi connectivity index (χ3n) is 3.94. The molecule has 8 heteroatoms. The minimum absolute atomic E-state index is 0.212. The smallest absolute Gasteiger partial charge is 0.298 e. The minimum atomic E-state index is -0.431. The summed E-state index contributed by atoms with van der Waals surface area (Å²) in [6, 6.07) is 5.73. The van der Waals surface area contributed by atoms with E-state index in [4.69, 9.17) is 0 Å². The summed E-state index contributed by atoms with van der Waals surface area (Å²) in [5, 5.41) is 14.8. The lowest BCUT2D eigenvalue weighted by Gasteiger charge is -2.09. The molecule has 0 spiro atoms. The normalized spacial score (nSPS) is 11.0. The maximum atomic E-state index is 12.4. The van der Waals surface area contributed by atoms with Crippen molar-refractivity contribution in [2.24, 2.45) is 7.05 Å². The van der Waals surface area contributed by atoms with Crippen LogP contribution in [0, 0.1) is 20.8 Å². The van der Waals surface area contributed by atoms with E-state index in [1.165, 1.54) is 0 Å². The summed E-state index contributed by atoms with van der Waals surface area (Å²) < 4.78 is 2.59. The first-order valence-electron chi connectivity index (χ1n) is 7.51. The van der Waals surface area contributed by atoms with Gasteiger partial charge in [-0.1, -0.05) is 22.9 Å². The van der Waals surface area contributed by atoms with Crippen LogP contribution >= 0.6 is 0 Å². The van der Waals surface area contributed by atoms with Crippen LogP contribution in [0.2, 0.25) is 0 Å². The summed E-state index contributed by atoms with van der Waals surface area (Å²) in [5.74, 6) is -0.342. The summed E-state index contributed by atoms with van der Waals surface area (Å²) in [5.41, 5.74) is 3.77. The van der Waals surface area contributed by atoms with Crippen LogP contribution in [0.3, 0.4) is 0 Å². The SMILES string of the molecule is Cc1ccc(NC(=O)Cn2nnc3c(C)n(C)nc3c2=O)c(C)c1. The van der Waals surface area contributed by atoms with Gasteiger partial charge in [-0.2, -0.15) is 9.78 Å². The Morgan fingerprint density at radius 1 is 1.21 bits per heavy atom. The van der Waals surface area contributed by atoms with Crippen molar-refractivity contribution in [1.29, 1.82) is 0 Å². The highest BCUT2D eigenvalue weighted by atomic mass is 16.2. The number of hydrogen-bond donors (Lipinski definition) is 1. The molecule has 24 heavy (non-hydrogen) atoms. The molecule has 2 heterocycles. The van der Waals surface area contributed by atoms with Gasteiger partial charge in [0.15, 0.2) is 5.52 Å². The predicted molar refractivity (Wildman–Crippen MR) is 89.8 cm³/mol. The van der Waals surface area contributed by atoms with Crippen LogP contribution in [0.4, 0.5) is 5.69 Å². The van der Waals surface area contributed by atoms with Crippen LogP contribution in [0.5, 0.6) is 0 Å². The van der Waals surface area contributed by atoms with E-state index < -0.39 is 5.56 Å². The Labute approximate surface area is 138 Å². The molecule has 124 valence electrons. The second kappa shape index (κ2) is 5.88. The van der Waals surface area contributed by atoms with Crippen molar-refractivity contribution in [2.45, 2.75) is 27.3 Å². The average molecular weight is 326 g/mol. The van der Waals surface area contributed by atoms with Gasteiger partial charge in [0.05, 0.1) is 5.69 Å². The van der Waals surface area contributed by atoms with E-state index in [1.54, 1.807) is 18.7 Å². The number of benzene rings is 1. The molecule has 0 saturated carbocycles. The zero-order valence-corrected chi connectivity index (χ0v) is 14.0. The Morgan fingerprint density at radius 3 is 2.67 bits per heavy atom. The van der Waals surface area contributed by atoms with Crippen molar-refractivity contribution < 1.29 is 4.79 Å². The fourth-order valence-electron chi connectivity index (χ4n) is 2.51. The third-order valence-corrected chi connectivity index (χ3v) is 3.94. The minimum Gasteiger partial charge on any atom is -0.324 e. The lowest BCUT2D eigenvalue weighted by Crippen LogP contribution is -2.30. The lowest BCUT2D eigenvalue weighted by molar-refractivity contribution is -0.117. The van der Waals surface area contributed by atoms with Crippen molar-refractivity contribution in [2.75, 3.05) is 5.32 Å². The number of fused-ring (bicyclic) bond motifs is 1. The molecule has 1 amide bonds. The van der Waals surface area contributed by atoms with E-state index in [0.717, 1.165) is 21.5 Å². The molecule has 0 unspecified atom stereocenters. The van der Waals surface area contributed by atoms with E-state index in [0.29, 0.717) is 11.2 Å². The lowest BCUT2D eigenvalue weighted by atomic mass is 10.1. The number of carbonyl (C=O) groups excluding carboxylic acids is 1. The number of nitrogens with zero attached hydrogens (tertiary/aromatic N) is 5. The van der Waals surface area contributed by atoms with Crippen LogP contribution in [0.1, 0.15) is 16.8 Å². The van der Waals surface area contributed by atoms with Gasteiger partial charge in [0.2, 0.25) is 5.91 Å². The predicted octanol–water partition coefficient (Wildman–Crippen LogP) is 1.09. The van der Waals surface area contributed by atoms with E-state index in [-0.39, 0.29) is 18.0 Å². The quantitative estimate of drug-likeness (QED) is 0.777. The maximum absolute atomic E-state index is 12.4. The highest BCUT2D eigenvalue weighted by Gasteiger charge is 2.15. The summed E-state index contributed by atoms with van der Waals surface area (Å²) in [6.45, 7) is 5.49. The van der Waals surface area contributed by atoms with E-state index in [1.807, 2.05) is 32.0 Å². The van der Waals surface area contributed by atoms with E-state index >= 15 is 0 Å². The number of carbonyl (C=O) groups is 1. The molecule has 0 atom stereocenters. The number of anilines is 1. The number of aromatic nitrogens is 5. The fourth-order valence-corrected chi connectivity index (χ4v) is 2.51. The highest BCUT2D eigenvalue weighted by Crippen LogP contribution is 2.16. The number of aryl methyl sites for hydroxylation is 4. The molecule has 0 fully saturated rings. The molecule has 0 aliphatic heterocycles. The first-order chi connectivity index (χ1) is 11.4. The number of rotatable bonds is 3. The van der Waals surface area contributed by atoms with Crippen LogP contribution in [0.15, 0.2) is 23.0 Å². The Hall–Kier alpha value is -3.03. The number of nitrogens with one attached hydrogen (secondary N) is 1. The van der Waals surface area contributed by atoms with Crippen molar-refractivity contribution in [1.82, 2.24) is 24.8 Å². The second-order valence-corrected chi connectivity index (χ2v) is 5.83. The summed E-state index contributed by atoms with van der Waals surface area (Å²) in [7, 11) is 1.73. The Kier molecular flexibility index (Phi) is 3.88. The van der Waals surface area contributed by atoms with Crippen molar-refractivity contribution in [3.8, 4) is 0 Å². The van der Waals surface area contributed by atoms with Crippen molar-refractivity contribution in [3.05, 3.63) is 45.4 Å². The third kappa shape index (κ3) is 2.78. The zero-order chi connectivity index (χ0) is 17.4. The van der Waals surface area contributed by atoms with E-state index in [9.17, 15) is 9.59 Å². The van der Waals surface area contributed by atoms with Crippen LogP contribution < -0.4 is 10.9 Å². The topological polar surface area (TPSA) is 94.7 Å². The molecule has 0 aliphatic carbocycles. The number of hydrogen-bond acceptors (Lipinski definition) is 5. The van der Waals surface area contributed by atoms with Gasteiger partial charge in [0, 0.05) is 12.7 Å². The van der Waals surface area contributed by atoms with Gasteiger partial charge in [-0.25, -0.2) is 0 Å². The van der Waals surface area contributed by atoms with Gasteiger partial charge >= 0.3 is 0 Å². The Morgan fingerprint density at radius 2 is 1.96 bits per heavy atom. The Bertz CT molecular complexity index is 1000. The molecule has 0 bridgehead atoms. The summed E-state index contributed by atoms with van der Waals surface area (Å²) in [6.07, 6.45) is 0. The Balaban J connectivity index is 1.85. The second-order valence-electron chi connectivity index (χ2n) is 5.83. The van der Waals surface area contributed by atoms with Gasteiger partial charge in [0.25, 0.3) is 5.56 Å². The molecule has 1 aromatic carbocycles. The molecular formula is C16H18N6O2. The summed E-state index contributed by atoms with van der Waals surface area (Å²) >= 11 is 0. The van der Waals surface area contributed by atoms with Gasteiger partial charge in [-0.3, -0.25) is 14.3 Å². The molecule has 0 saturated heterocycles. The molecule has 0 radical (unpaired) electrons. The first kappa shape index (κ1) is 15.9. The maximum Gasteiger partial charge on any atom is 0.298 e. The van der Waals surface area contributed by atoms with Gasteiger partial charge < -0.3 is 5.32 Å². The molecular weight excluding hydrogens is 308 g/mol. The van der Waals surface area contributed by atoms with Crippen LogP contribution in [0.25, 0.3) is 11.0 Å². The summed E-state index contributed by atoms with van der Waals surface area (Å²) in [4.78, 5) is 24.6. The van der Waals surface area contributed by atoms with Crippen LogP contribution in [-0.2, 0) is 18.4 Å². The van der Waals surface area contributed by atoms with Gasteiger partial charge in [0.1, 0.15) is 12.1 Å². The average Bonchev–Trinajstić information content (AvgIpc) is 2.81. The van der Waals surface area contributed by atoms with Gasteiger partial charge in [-0.05, 0) is 32.4 Å². The molecule has 2 aromatic heterocycles. The van der Waals surface area contributed by atoms with Crippen LogP contribution in [-0.4, -0.2) is 30.7 Å². The van der Waals surface area contributed by atoms with Crippen molar-refractivity contribution in [3.63, 3.8) is 0 Å². The monoisotopic (exact) mass is 326 g/mol. The largest absolute Gasteiger partial charge is 0.324 e. The molecule has 1 N–H and O–H groups in total.